The molecule has 0 fully saturated rings. The third-order valence-corrected chi connectivity index (χ3v) is 0. The molecular weight excluding hydrogens is 206 g/mol. The van der Waals surface area contributed by atoms with Gasteiger partial charge in [-0.2, -0.15) is 7.82 Å². The molecule has 0 amide bonds. The van der Waals surface area contributed by atoms with Gasteiger partial charge in [0.05, 0.1) is 0 Å². The zero-order valence-electron chi connectivity index (χ0n) is 4.25. The third-order valence-electron chi connectivity index (χ3n) is 0. The molecule has 0 unspecified atom stereocenters. The summed E-state index contributed by atoms with van der Waals surface area (Å²) in [6, 6.07) is 0. The van der Waals surface area contributed by atoms with Crippen molar-refractivity contribution in [2.24, 2.45) is 0 Å². The molecule has 0 atom stereocenters. The van der Waals surface area contributed by atoms with Gasteiger partial charge in [-0.05, 0) is 6.16 Å². The largest absolute Gasteiger partial charge is 5.00 e. The van der Waals surface area contributed by atoms with Gasteiger partial charge in [0.15, 0.2) is 0 Å². The predicted molar refractivity (Wildman–Crippen MR) is 13.0 cm³/mol. The van der Waals surface area contributed by atoms with Gasteiger partial charge in [-0.3, -0.25) is 0 Å². The van der Waals surface area contributed by atoms with Crippen molar-refractivity contribution in [1.29, 1.82) is 0 Å². The molecule has 10 heavy (non-hydrogen) atoms. The van der Waals surface area contributed by atoms with Gasteiger partial charge in [0, 0.05) is 0 Å². The van der Waals surface area contributed by atoms with Crippen LogP contribution < -0.4 is 24.9 Å². The van der Waals surface area contributed by atoms with Crippen molar-refractivity contribution in [1.82, 2.24) is 0 Å². The molecule has 0 spiro atoms. The number of hydrogen-bond donors (Lipinski definition) is 0. The molecule has 0 aliphatic rings. The molecule has 7 nitrogen and oxygen atoms in total. The molecule has 0 saturated carbocycles. The first-order valence-corrected chi connectivity index (χ1v) is 2.80. The number of phosphoric acid groups is 1. The molecular formula is CO7PV. The summed E-state index contributed by atoms with van der Waals surface area (Å²) in [6.07, 6.45) is -2.33. The summed E-state index contributed by atoms with van der Waals surface area (Å²) >= 11 is 0. The standard InChI is InChI=1S/CH2O3.H3O4P.V/c2-1(3)4;1-5(2,3)4;/h(H2,2,3,4);(H3,1,2,3,4);/q;;+5/p-5. The zero-order chi connectivity index (χ0) is 8.08. The van der Waals surface area contributed by atoms with Crippen LogP contribution in [0.25, 0.3) is 0 Å². The van der Waals surface area contributed by atoms with E-state index in [0.717, 1.165) is 0 Å². The Morgan fingerprint density at radius 2 is 1.10 bits per heavy atom. The minimum absolute atomic E-state index is 0. The zero-order valence-corrected chi connectivity index (χ0v) is 6.54. The minimum atomic E-state index is -5.39. The molecule has 0 saturated heterocycles. The summed E-state index contributed by atoms with van der Waals surface area (Å²) in [4.78, 5) is 34.0. The van der Waals surface area contributed by atoms with Gasteiger partial charge in [-0.1, -0.05) is 0 Å². The number of carbonyl (C=O) groups excluding carboxylic acids is 1. The summed E-state index contributed by atoms with van der Waals surface area (Å²) in [5, 5.41) is 16.7. The van der Waals surface area contributed by atoms with Gasteiger partial charge in [0.2, 0.25) is 0 Å². The van der Waals surface area contributed by atoms with E-state index in [1.165, 1.54) is 0 Å². The van der Waals surface area contributed by atoms with Crippen molar-refractivity contribution in [2.75, 3.05) is 0 Å². The second-order valence-corrected chi connectivity index (χ2v) is 1.59. The fraction of sp³-hybridized carbons (Fsp3) is 0. The molecule has 0 aromatic carbocycles. The second kappa shape index (κ2) is 7.08. The van der Waals surface area contributed by atoms with Gasteiger partial charge < -0.3 is 34.3 Å². The molecule has 0 rings (SSSR count). The van der Waals surface area contributed by atoms with Crippen LogP contribution in [-0.4, -0.2) is 6.16 Å². The van der Waals surface area contributed by atoms with Crippen LogP contribution in [0.3, 0.4) is 0 Å². The third kappa shape index (κ3) is 305000. The molecule has 0 aromatic rings. The van der Waals surface area contributed by atoms with E-state index in [2.05, 4.69) is 0 Å². The first kappa shape index (κ1) is 16.5. The van der Waals surface area contributed by atoms with Crippen molar-refractivity contribution in [2.45, 2.75) is 0 Å². The predicted octanol–water partition coefficient (Wildman–Crippen LogP) is -5.27. The smallest absolute Gasteiger partial charge is 0.822 e. The Morgan fingerprint density at radius 1 is 1.10 bits per heavy atom. The van der Waals surface area contributed by atoms with E-state index < -0.39 is 14.0 Å². The first-order chi connectivity index (χ1) is 3.73. The van der Waals surface area contributed by atoms with Crippen molar-refractivity contribution in [3.63, 3.8) is 0 Å². The fourth-order valence-corrected chi connectivity index (χ4v) is 0. The van der Waals surface area contributed by atoms with Crippen LogP contribution in [0.5, 0.6) is 0 Å². The Balaban J connectivity index is -0.0000000910. The van der Waals surface area contributed by atoms with E-state index >= 15 is 0 Å². The average Bonchev–Trinajstić information content (AvgIpc) is 1.19. The Morgan fingerprint density at radius 3 is 1.10 bits per heavy atom. The van der Waals surface area contributed by atoms with Crippen LogP contribution in [0.2, 0.25) is 0 Å². The maximum Gasteiger partial charge on any atom is 5.00 e. The molecule has 9 heteroatoms. The summed E-state index contributed by atoms with van der Waals surface area (Å²) < 4.78 is 8.55. The SMILES string of the molecule is O=C([O-])[O-].O=P([O-])([O-])[O-].[V+5]. The number of carboxylic acid groups (broad SMARTS) is 2. The maximum absolute atomic E-state index is 8.55. The monoisotopic (exact) mass is 206 g/mol. The summed E-state index contributed by atoms with van der Waals surface area (Å²) in [7, 11) is -5.39. The minimum Gasteiger partial charge on any atom is -0.822 e. The van der Waals surface area contributed by atoms with Gasteiger partial charge in [0.1, 0.15) is 0 Å². The van der Waals surface area contributed by atoms with Gasteiger partial charge in [-0.15, -0.1) is 0 Å². The molecule has 56 valence electrons. The van der Waals surface area contributed by atoms with Crippen LogP contribution >= 0.6 is 7.82 Å². The average molecular weight is 206 g/mol. The number of hydrogen-bond acceptors (Lipinski definition) is 7. The summed E-state index contributed by atoms with van der Waals surface area (Å²) in [5.74, 6) is 0. The van der Waals surface area contributed by atoms with Crippen LogP contribution in [0.1, 0.15) is 0 Å². The molecule has 0 bridgehead atoms. The summed E-state index contributed by atoms with van der Waals surface area (Å²) in [5.41, 5.74) is 0. The number of carbonyl (C=O) groups is 1. The summed E-state index contributed by atoms with van der Waals surface area (Å²) in [6.45, 7) is 0. The van der Waals surface area contributed by atoms with Crippen LogP contribution in [0.4, 0.5) is 4.79 Å². The van der Waals surface area contributed by atoms with E-state index in [9.17, 15) is 0 Å². The van der Waals surface area contributed by atoms with Crippen LogP contribution in [0.15, 0.2) is 0 Å². The Hall–Kier alpha value is -0.0356. The molecule has 0 N–H and O–H groups in total. The van der Waals surface area contributed by atoms with Gasteiger partial charge >= 0.3 is 18.6 Å². The topological polar surface area (TPSA) is 149 Å². The normalized spacial score (nSPS) is 8.30. The van der Waals surface area contributed by atoms with Crippen LogP contribution in [0, 0.1) is 0 Å². The van der Waals surface area contributed by atoms with Crippen molar-refractivity contribution < 1.29 is 52.8 Å². The molecule has 0 radical (unpaired) electrons. The molecule has 0 aliphatic heterocycles. The van der Waals surface area contributed by atoms with Crippen LogP contribution in [-0.2, 0) is 23.1 Å². The molecule has 0 heterocycles. The van der Waals surface area contributed by atoms with Gasteiger partial charge in [-0.25, -0.2) is 0 Å². The van der Waals surface area contributed by atoms with E-state index in [4.69, 9.17) is 34.3 Å². The van der Waals surface area contributed by atoms with E-state index in [1.54, 1.807) is 0 Å². The second-order valence-electron chi connectivity index (χ2n) is 0.697. The molecule has 0 aliphatic carbocycles. The van der Waals surface area contributed by atoms with Crippen molar-refractivity contribution in [3.8, 4) is 0 Å². The van der Waals surface area contributed by atoms with E-state index in [0.29, 0.717) is 0 Å². The number of rotatable bonds is 0. The maximum atomic E-state index is 8.55. The Kier molecular flexibility index (Phi) is 11.7. The van der Waals surface area contributed by atoms with E-state index in [1.807, 2.05) is 0 Å². The van der Waals surface area contributed by atoms with Crippen molar-refractivity contribution in [3.05, 3.63) is 0 Å². The Labute approximate surface area is 67.4 Å². The quantitative estimate of drug-likeness (QED) is 0.359. The Bertz CT molecular complexity index is 113. The fourth-order valence-electron chi connectivity index (χ4n) is 0. The van der Waals surface area contributed by atoms with Crippen molar-refractivity contribution >= 4 is 14.0 Å². The first-order valence-electron chi connectivity index (χ1n) is 1.34. The molecule has 0 aromatic heterocycles. The van der Waals surface area contributed by atoms with E-state index in [-0.39, 0.29) is 18.6 Å². The van der Waals surface area contributed by atoms with Gasteiger partial charge in [0.25, 0.3) is 0 Å².